The van der Waals surface area contributed by atoms with Gasteiger partial charge in [-0.25, -0.2) is 9.18 Å². The number of rotatable bonds is 5. The smallest absolute Gasteiger partial charge is 0.345 e. The van der Waals surface area contributed by atoms with Crippen molar-refractivity contribution in [3.63, 3.8) is 0 Å². The summed E-state index contributed by atoms with van der Waals surface area (Å²) in [6.45, 7) is 1.69. The van der Waals surface area contributed by atoms with Gasteiger partial charge in [-0.3, -0.25) is 10.1 Å². The van der Waals surface area contributed by atoms with Gasteiger partial charge in [0.05, 0.1) is 23.3 Å². The molecule has 0 bridgehead atoms. The molecule has 1 saturated carbocycles. The minimum atomic E-state index is -0.826. The number of nitrogens with zero attached hydrogens (tertiary/aromatic N) is 1. The van der Waals surface area contributed by atoms with Crippen LogP contribution in [0.1, 0.15) is 30.1 Å². The molecule has 0 spiro atoms. The normalized spacial score (nSPS) is 14.0. The molecule has 1 aromatic rings. The van der Waals surface area contributed by atoms with Crippen LogP contribution < -0.4 is 5.32 Å². The zero-order chi connectivity index (χ0) is 14.0. The summed E-state index contributed by atoms with van der Waals surface area (Å²) in [5.74, 6) is -1.57. The monoisotopic (exact) mass is 268 g/mol. The Morgan fingerprint density at radius 2 is 2.26 bits per heavy atom. The van der Waals surface area contributed by atoms with E-state index in [1.54, 1.807) is 6.92 Å². The Morgan fingerprint density at radius 3 is 2.79 bits per heavy atom. The van der Waals surface area contributed by atoms with Crippen molar-refractivity contribution in [1.82, 2.24) is 0 Å². The standard InChI is InChI=1S/C12H13FN2O4/c1-2-19-12(16)8-5-10(14-7-3-4-7)9(13)6-11(8)15(17)18/h5-7,14H,2-4H2,1H3. The number of hydrogen-bond acceptors (Lipinski definition) is 5. The van der Waals surface area contributed by atoms with Crippen LogP contribution in [0.3, 0.4) is 0 Å². The van der Waals surface area contributed by atoms with Crippen LogP contribution in [0.4, 0.5) is 15.8 Å². The number of carbonyl (C=O) groups is 1. The van der Waals surface area contributed by atoms with E-state index in [2.05, 4.69) is 5.32 Å². The molecule has 0 unspecified atom stereocenters. The highest BCUT2D eigenvalue weighted by Crippen LogP contribution is 2.31. The predicted octanol–water partition coefficient (Wildman–Crippen LogP) is 2.48. The van der Waals surface area contributed by atoms with E-state index in [1.807, 2.05) is 0 Å². The molecule has 0 amide bonds. The highest BCUT2D eigenvalue weighted by molar-refractivity contribution is 5.95. The molecule has 1 N–H and O–H groups in total. The predicted molar refractivity (Wildman–Crippen MR) is 65.7 cm³/mol. The number of esters is 1. The van der Waals surface area contributed by atoms with E-state index < -0.39 is 22.4 Å². The molecule has 6 nitrogen and oxygen atoms in total. The summed E-state index contributed by atoms with van der Waals surface area (Å²) in [4.78, 5) is 21.7. The number of ether oxygens (including phenoxy) is 1. The van der Waals surface area contributed by atoms with Gasteiger partial charge in [0.25, 0.3) is 5.69 Å². The Bertz CT molecular complexity index is 529. The molecule has 0 aromatic heterocycles. The fourth-order valence-corrected chi connectivity index (χ4v) is 1.64. The van der Waals surface area contributed by atoms with Crippen molar-refractivity contribution in [2.75, 3.05) is 11.9 Å². The van der Waals surface area contributed by atoms with Gasteiger partial charge in [0.2, 0.25) is 0 Å². The molecule has 1 aliphatic rings. The van der Waals surface area contributed by atoms with Gasteiger partial charge >= 0.3 is 5.97 Å². The number of carbonyl (C=O) groups excluding carboxylic acids is 1. The van der Waals surface area contributed by atoms with Gasteiger partial charge in [0, 0.05) is 6.04 Å². The molecule has 0 heterocycles. The third-order valence-corrected chi connectivity index (χ3v) is 2.71. The molecule has 1 fully saturated rings. The summed E-state index contributed by atoms with van der Waals surface area (Å²) in [6, 6.07) is 2.06. The first kappa shape index (κ1) is 13.3. The van der Waals surface area contributed by atoms with Crippen molar-refractivity contribution in [2.24, 2.45) is 0 Å². The molecule has 0 saturated heterocycles. The van der Waals surface area contributed by atoms with Gasteiger partial charge < -0.3 is 10.1 Å². The number of nitrogens with one attached hydrogen (secondary N) is 1. The van der Waals surface area contributed by atoms with E-state index in [0.29, 0.717) is 0 Å². The maximum absolute atomic E-state index is 13.7. The van der Waals surface area contributed by atoms with Crippen molar-refractivity contribution in [3.05, 3.63) is 33.6 Å². The Kier molecular flexibility index (Phi) is 3.64. The third kappa shape index (κ3) is 2.98. The second kappa shape index (κ2) is 5.21. The Hall–Kier alpha value is -2.18. The van der Waals surface area contributed by atoms with Crippen LogP contribution in [-0.2, 0) is 4.74 Å². The molecule has 0 radical (unpaired) electrons. The number of benzene rings is 1. The van der Waals surface area contributed by atoms with E-state index >= 15 is 0 Å². The summed E-state index contributed by atoms with van der Waals surface area (Å²) >= 11 is 0. The van der Waals surface area contributed by atoms with Gasteiger partial charge in [0.1, 0.15) is 5.56 Å². The van der Waals surface area contributed by atoms with Gasteiger partial charge in [-0.15, -0.1) is 0 Å². The summed E-state index contributed by atoms with van der Waals surface area (Å²) in [5, 5.41) is 13.7. The van der Waals surface area contributed by atoms with Crippen molar-refractivity contribution >= 4 is 17.3 Å². The molecule has 7 heteroatoms. The molecule has 1 aromatic carbocycles. The van der Waals surface area contributed by atoms with Crippen molar-refractivity contribution in [2.45, 2.75) is 25.8 Å². The number of halogens is 1. The van der Waals surface area contributed by atoms with Crippen molar-refractivity contribution < 1.29 is 18.8 Å². The lowest BCUT2D eigenvalue weighted by Gasteiger charge is -2.09. The van der Waals surface area contributed by atoms with Crippen LogP contribution in [0, 0.1) is 15.9 Å². The second-order valence-corrected chi connectivity index (χ2v) is 4.25. The average Bonchev–Trinajstić information content (AvgIpc) is 3.15. The maximum Gasteiger partial charge on any atom is 0.345 e. The molecule has 1 aliphatic carbocycles. The molecule has 0 aliphatic heterocycles. The lowest BCUT2D eigenvalue weighted by Crippen LogP contribution is -2.11. The Labute approximate surface area is 108 Å². The maximum atomic E-state index is 13.7. The van der Waals surface area contributed by atoms with Crippen LogP contribution in [0.15, 0.2) is 12.1 Å². The van der Waals surface area contributed by atoms with E-state index in [0.717, 1.165) is 25.0 Å². The van der Waals surface area contributed by atoms with E-state index in [1.165, 1.54) is 0 Å². The number of anilines is 1. The molecular formula is C12H13FN2O4. The first-order valence-corrected chi connectivity index (χ1v) is 5.94. The van der Waals surface area contributed by atoms with Gasteiger partial charge in [-0.2, -0.15) is 0 Å². The second-order valence-electron chi connectivity index (χ2n) is 4.25. The molecule has 19 heavy (non-hydrogen) atoms. The van der Waals surface area contributed by atoms with Crippen LogP contribution >= 0.6 is 0 Å². The Morgan fingerprint density at radius 1 is 1.58 bits per heavy atom. The minimum Gasteiger partial charge on any atom is -0.462 e. The zero-order valence-electron chi connectivity index (χ0n) is 10.3. The molecule has 2 rings (SSSR count). The van der Waals surface area contributed by atoms with E-state index in [4.69, 9.17) is 4.74 Å². The molecular weight excluding hydrogens is 255 g/mol. The number of hydrogen-bond donors (Lipinski definition) is 1. The lowest BCUT2D eigenvalue weighted by molar-refractivity contribution is -0.385. The SMILES string of the molecule is CCOC(=O)c1cc(NC2CC2)c(F)cc1[N+](=O)[O-]. The van der Waals surface area contributed by atoms with Crippen molar-refractivity contribution in [1.29, 1.82) is 0 Å². The van der Waals surface area contributed by atoms with Gasteiger partial charge in [-0.05, 0) is 25.8 Å². The fraction of sp³-hybridized carbons (Fsp3) is 0.417. The Balaban J connectivity index is 2.40. The summed E-state index contributed by atoms with van der Waals surface area (Å²) in [5.41, 5.74) is -0.732. The topological polar surface area (TPSA) is 81.5 Å². The van der Waals surface area contributed by atoms with Crippen molar-refractivity contribution in [3.8, 4) is 0 Å². The molecule has 102 valence electrons. The number of nitro groups is 1. The first-order chi connectivity index (χ1) is 9.02. The van der Waals surface area contributed by atoms with Crippen LogP contribution in [0.25, 0.3) is 0 Å². The van der Waals surface area contributed by atoms with E-state index in [-0.39, 0.29) is 23.9 Å². The van der Waals surface area contributed by atoms with Crippen LogP contribution in [-0.4, -0.2) is 23.5 Å². The highest BCUT2D eigenvalue weighted by Gasteiger charge is 2.27. The van der Waals surface area contributed by atoms with Crippen LogP contribution in [0.5, 0.6) is 0 Å². The van der Waals surface area contributed by atoms with Gasteiger partial charge in [-0.1, -0.05) is 0 Å². The summed E-state index contributed by atoms with van der Waals surface area (Å²) in [6.07, 6.45) is 1.84. The first-order valence-electron chi connectivity index (χ1n) is 5.94. The summed E-state index contributed by atoms with van der Waals surface area (Å²) < 4.78 is 18.4. The summed E-state index contributed by atoms with van der Waals surface area (Å²) in [7, 11) is 0. The quantitative estimate of drug-likeness (QED) is 0.504. The van der Waals surface area contributed by atoms with Crippen LogP contribution in [0.2, 0.25) is 0 Å². The number of nitro benzene ring substituents is 1. The van der Waals surface area contributed by atoms with Gasteiger partial charge in [0.15, 0.2) is 5.82 Å². The van der Waals surface area contributed by atoms with E-state index in [9.17, 15) is 19.3 Å². The third-order valence-electron chi connectivity index (χ3n) is 2.71. The fourth-order valence-electron chi connectivity index (χ4n) is 1.64. The lowest BCUT2D eigenvalue weighted by atomic mass is 10.1. The largest absolute Gasteiger partial charge is 0.462 e. The zero-order valence-corrected chi connectivity index (χ0v) is 10.3. The average molecular weight is 268 g/mol. The minimum absolute atomic E-state index is 0.0937. The highest BCUT2D eigenvalue weighted by atomic mass is 19.1. The molecule has 0 atom stereocenters.